The molecule has 0 spiro atoms. The number of phenolic OH excluding ortho intramolecular Hbond substituents is 3. The summed E-state index contributed by atoms with van der Waals surface area (Å²) in [6.07, 6.45) is 1.08. The van der Waals surface area contributed by atoms with Crippen LogP contribution in [0.3, 0.4) is 0 Å². The van der Waals surface area contributed by atoms with Gasteiger partial charge in [0.2, 0.25) is 0 Å². The average Bonchev–Trinajstić information content (AvgIpc) is 2.71. The fourth-order valence-electron chi connectivity index (χ4n) is 3.26. The van der Waals surface area contributed by atoms with Crippen LogP contribution in [0, 0.1) is 0 Å². The predicted octanol–water partition coefficient (Wildman–Crippen LogP) is 2.50. The van der Waals surface area contributed by atoms with Crippen molar-refractivity contribution in [1.29, 1.82) is 0 Å². The third-order valence-electron chi connectivity index (χ3n) is 4.84. The lowest BCUT2D eigenvalue weighted by Gasteiger charge is -2.32. The molecule has 8 nitrogen and oxygen atoms in total. The average molecular weight is 421 g/mol. The number of rotatable bonds is 4. The summed E-state index contributed by atoms with van der Waals surface area (Å²) in [5, 5.41) is 32.0. The number of aromatic hydroxyl groups is 3. The second-order valence-electron chi connectivity index (χ2n) is 6.75. The van der Waals surface area contributed by atoms with E-state index < -0.39 is 17.2 Å². The van der Waals surface area contributed by atoms with Crippen LogP contribution in [-0.4, -0.2) is 58.3 Å². The van der Waals surface area contributed by atoms with Gasteiger partial charge in [-0.05, 0) is 43.2 Å². The fraction of sp³-hybridized carbons (Fsp3) is 0.300. The molecular formula is C20H21ClN2O6. The number of nitrogens with one attached hydrogen (secondary N) is 1. The molecule has 0 unspecified atom stereocenters. The molecule has 2 aromatic carbocycles. The van der Waals surface area contributed by atoms with Gasteiger partial charge in [-0.1, -0.05) is 11.6 Å². The molecule has 0 bridgehead atoms. The van der Waals surface area contributed by atoms with Crippen molar-refractivity contribution in [1.82, 2.24) is 10.2 Å². The highest BCUT2D eigenvalue weighted by atomic mass is 35.5. The third kappa shape index (κ3) is 4.48. The molecule has 4 N–H and O–H groups in total. The van der Waals surface area contributed by atoms with E-state index in [1.54, 1.807) is 17.0 Å². The van der Waals surface area contributed by atoms with Crippen molar-refractivity contribution in [3.63, 3.8) is 0 Å². The summed E-state index contributed by atoms with van der Waals surface area (Å²) < 4.78 is 5.20. The summed E-state index contributed by atoms with van der Waals surface area (Å²) in [5.74, 6) is -2.05. The van der Waals surface area contributed by atoms with Crippen LogP contribution in [0.1, 0.15) is 33.6 Å². The summed E-state index contributed by atoms with van der Waals surface area (Å²) >= 11 is 5.97. The van der Waals surface area contributed by atoms with Gasteiger partial charge in [-0.25, -0.2) is 0 Å². The third-order valence-corrected chi connectivity index (χ3v) is 5.08. The van der Waals surface area contributed by atoms with E-state index in [-0.39, 0.29) is 23.4 Å². The molecule has 2 aromatic rings. The number of methoxy groups -OCH3 is 1. The molecule has 1 saturated heterocycles. The van der Waals surface area contributed by atoms with Crippen LogP contribution in [0.5, 0.6) is 23.0 Å². The number of ether oxygens (including phenoxy) is 1. The molecular weight excluding hydrogens is 400 g/mol. The molecule has 154 valence electrons. The normalized spacial score (nSPS) is 14.5. The molecule has 0 atom stereocenters. The Labute approximate surface area is 172 Å². The van der Waals surface area contributed by atoms with Crippen molar-refractivity contribution >= 4 is 23.4 Å². The van der Waals surface area contributed by atoms with E-state index in [9.17, 15) is 24.9 Å². The highest BCUT2D eigenvalue weighted by Gasteiger charge is 2.26. The first-order valence-corrected chi connectivity index (χ1v) is 9.36. The van der Waals surface area contributed by atoms with E-state index >= 15 is 0 Å². The van der Waals surface area contributed by atoms with Crippen LogP contribution >= 0.6 is 11.6 Å². The Bertz CT molecular complexity index is 918. The Morgan fingerprint density at radius 2 is 1.72 bits per heavy atom. The first-order valence-electron chi connectivity index (χ1n) is 8.98. The number of nitrogens with zero attached hydrogens (tertiary/aromatic N) is 1. The van der Waals surface area contributed by atoms with E-state index in [4.69, 9.17) is 16.3 Å². The van der Waals surface area contributed by atoms with Crippen LogP contribution in [0.15, 0.2) is 30.3 Å². The highest BCUT2D eigenvalue weighted by Crippen LogP contribution is 2.35. The maximum absolute atomic E-state index is 12.6. The Balaban J connectivity index is 1.61. The number of phenols is 3. The molecule has 9 heteroatoms. The molecule has 2 amide bonds. The molecule has 1 aliphatic heterocycles. The zero-order valence-corrected chi connectivity index (χ0v) is 16.4. The largest absolute Gasteiger partial charge is 0.504 e. The molecule has 1 fully saturated rings. The number of piperidine rings is 1. The highest BCUT2D eigenvalue weighted by molar-refractivity contribution is 6.31. The summed E-state index contributed by atoms with van der Waals surface area (Å²) in [5.41, 5.74) is 0.414. The number of amides is 2. The van der Waals surface area contributed by atoms with Crippen molar-refractivity contribution in [2.24, 2.45) is 0 Å². The lowest BCUT2D eigenvalue weighted by atomic mass is 10.0. The minimum absolute atomic E-state index is 0.0731. The zero-order valence-electron chi connectivity index (χ0n) is 15.7. The van der Waals surface area contributed by atoms with Crippen molar-refractivity contribution < 1.29 is 29.6 Å². The molecule has 3 rings (SSSR count). The van der Waals surface area contributed by atoms with E-state index in [0.717, 1.165) is 12.1 Å². The standard InChI is InChI=1S/C20H21ClN2O6/c1-29-17-3-2-12(21)10-14(17)19(27)22-13-4-6-23(7-5-13)20(28)11-8-15(24)18(26)16(25)9-11/h2-3,8-10,13,24-26H,4-7H2,1H3,(H,22,27). The van der Waals surface area contributed by atoms with Gasteiger partial charge in [-0.2, -0.15) is 0 Å². The lowest BCUT2D eigenvalue weighted by molar-refractivity contribution is 0.0697. The van der Waals surface area contributed by atoms with Crippen LogP contribution in [0.25, 0.3) is 0 Å². The van der Waals surface area contributed by atoms with Crippen molar-refractivity contribution in [3.05, 3.63) is 46.5 Å². The van der Waals surface area contributed by atoms with Gasteiger partial charge in [0.1, 0.15) is 5.75 Å². The van der Waals surface area contributed by atoms with Gasteiger partial charge in [0.05, 0.1) is 12.7 Å². The maximum atomic E-state index is 12.6. The Hall–Kier alpha value is -3.13. The number of likely N-dealkylation sites (tertiary alicyclic amines) is 1. The first kappa shape index (κ1) is 20.6. The monoisotopic (exact) mass is 420 g/mol. The van der Waals surface area contributed by atoms with Gasteiger partial charge in [0.15, 0.2) is 17.2 Å². The number of carbonyl (C=O) groups excluding carboxylic acids is 2. The van der Waals surface area contributed by atoms with Crippen molar-refractivity contribution in [2.75, 3.05) is 20.2 Å². The van der Waals surface area contributed by atoms with Crippen molar-refractivity contribution in [3.8, 4) is 23.0 Å². The smallest absolute Gasteiger partial charge is 0.255 e. The number of hydrogen-bond donors (Lipinski definition) is 4. The first-order chi connectivity index (χ1) is 13.8. The predicted molar refractivity (Wildman–Crippen MR) is 106 cm³/mol. The van der Waals surface area contributed by atoms with Gasteiger partial charge >= 0.3 is 0 Å². The number of carbonyl (C=O) groups is 2. The number of benzene rings is 2. The fourth-order valence-corrected chi connectivity index (χ4v) is 3.43. The molecule has 29 heavy (non-hydrogen) atoms. The number of halogens is 1. The van der Waals surface area contributed by atoms with Gasteiger partial charge in [0, 0.05) is 29.7 Å². The van der Waals surface area contributed by atoms with Crippen LogP contribution in [-0.2, 0) is 0 Å². The molecule has 0 aromatic heterocycles. The molecule has 0 saturated carbocycles. The van der Waals surface area contributed by atoms with Crippen molar-refractivity contribution in [2.45, 2.75) is 18.9 Å². The van der Waals surface area contributed by atoms with Gasteiger partial charge in [0.25, 0.3) is 11.8 Å². The van der Waals surface area contributed by atoms with Gasteiger partial charge in [-0.3, -0.25) is 9.59 Å². The summed E-state index contributed by atoms with van der Waals surface area (Å²) in [6.45, 7) is 0.776. The topological polar surface area (TPSA) is 119 Å². The van der Waals surface area contributed by atoms with Gasteiger partial charge in [-0.15, -0.1) is 0 Å². The second-order valence-corrected chi connectivity index (χ2v) is 7.18. The maximum Gasteiger partial charge on any atom is 0.255 e. The van der Waals surface area contributed by atoms with E-state index in [1.807, 2.05) is 0 Å². The van der Waals surface area contributed by atoms with Crippen LogP contribution < -0.4 is 10.1 Å². The SMILES string of the molecule is COc1ccc(Cl)cc1C(=O)NC1CCN(C(=O)c2cc(O)c(O)c(O)c2)CC1. The van der Waals surface area contributed by atoms with Gasteiger partial charge < -0.3 is 30.3 Å². The quantitative estimate of drug-likeness (QED) is 0.564. The molecule has 1 heterocycles. The molecule has 1 aliphatic rings. The minimum atomic E-state index is -0.667. The van der Waals surface area contributed by atoms with E-state index in [2.05, 4.69) is 5.32 Å². The van der Waals surface area contributed by atoms with E-state index in [1.165, 1.54) is 13.2 Å². The zero-order chi connectivity index (χ0) is 21.1. The lowest BCUT2D eigenvalue weighted by Crippen LogP contribution is -2.46. The summed E-state index contributed by atoms with van der Waals surface area (Å²) in [7, 11) is 1.48. The molecule has 0 aliphatic carbocycles. The van der Waals surface area contributed by atoms with Crippen LogP contribution in [0.4, 0.5) is 0 Å². The Morgan fingerprint density at radius 3 is 2.31 bits per heavy atom. The Kier molecular flexibility index (Phi) is 6.03. The molecule has 0 radical (unpaired) electrons. The van der Waals surface area contributed by atoms with Crippen LogP contribution in [0.2, 0.25) is 5.02 Å². The minimum Gasteiger partial charge on any atom is -0.504 e. The second kappa shape index (κ2) is 8.48. The summed E-state index contributed by atoms with van der Waals surface area (Å²) in [6, 6.07) is 6.89. The number of hydrogen-bond acceptors (Lipinski definition) is 6. The van der Waals surface area contributed by atoms with E-state index in [0.29, 0.717) is 42.3 Å². The Morgan fingerprint density at radius 1 is 1.10 bits per heavy atom. The summed E-state index contributed by atoms with van der Waals surface area (Å²) in [4.78, 5) is 26.7.